The largest absolute Gasteiger partial charge is 0.334 e. The molecule has 19 heavy (non-hydrogen) atoms. The van der Waals surface area contributed by atoms with Crippen LogP contribution in [0, 0.1) is 11.8 Å². The van der Waals surface area contributed by atoms with Gasteiger partial charge in [-0.3, -0.25) is 9.69 Å². The maximum atomic E-state index is 12.6. The molecule has 3 saturated heterocycles. The molecule has 1 amide bonds. The van der Waals surface area contributed by atoms with Crippen molar-refractivity contribution < 1.29 is 4.79 Å². The van der Waals surface area contributed by atoms with E-state index in [0.717, 1.165) is 19.5 Å². The summed E-state index contributed by atoms with van der Waals surface area (Å²) in [4.78, 5) is 17.2. The van der Waals surface area contributed by atoms with Gasteiger partial charge in [-0.25, -0.2) is 0 Å². The van der Waals surface area contributed by atoms with Gasteiger partial charge in [-0.1, -0.05) is 13.8 Å². The Morgan fingerprint density at radius 3 is 2.21 bits per heavy atom. The molecule has 3 fully saturated rings. The molecule has 0 aromatic carbocycles. The monoisotopic (exact) mass is 267 g/mol. The summed E-state index contributed by atoms with van der Waals surface area (Å²) in [6.07, 6.45) is 2.10. The number of rotatable bonds is 5. The van der Waals surface area contributed by atoms with Crippen molar-refractivity contribution >= 4 is 5.91 Å². The summed E-state index contributed by atoms with van der Waals surface area (Å²) in [6, 6.07) is 1.47. The van der Waals surface area contributed by atoms with Crippen molar-refractivity contribution in [3.63, 3.8) is 0 Å². The SMILES string of the molecule is CC(C)CC(CN)C(=O)N1C2CC1CN(C(C)C)C2. The number of hydrogen-bond donors (Lipinski definition) is 1. The predicted molar refractivity (Wildman–Crippen MR) is 77.7 cm³/mol. The zero-order valence-corrected chi connectivity index (χ0v) is 12.8. The van der Waals surface area contributed by atoms with Gasteiger partial charge in [0.2, 0.25) is 5.91 Å². The summed E-state index contributed by atoms with van der Waals surface area (Å²) in [6.45, 7) is 11.4. The molecular weight excluding hydrogens is 238 g/mol. The molecule has 0 aromatic heterocycles. The van der Waals surface area contributed by atoms with Gasteiger partial charge in [0, 0.05) is 37.8 Å². The number of nitrogens with zero attached hydrogens (tertiary/aromatic N) is 2. The van der Waals surface area contributed by atoms with E-state index in [1.54, 1.807) is 0 Å². The van der Waals surface area contributed by atoms with E-state index in [1.165, 1.54) is 6.42 Å². The minimum absolute atomic E-state index is 0.0240. The first-order chi connectivity index (χ1) is 8.93. The first-order valence-electron chi connectivity index (χ1n) is 7.70. The lowest BCUT2D eigenvalue weighted by molar-refractivity contribution is -0.160. The molecule has 0 radical (unpaired) electrons. The van der Waals surface area contributed by atoms with Crippen molar-refractivity contribution in [1.82, 2.24) is 9.80 Å². The average Bonchev–Trinajstić information content (AvgIpc) is 2.35. The highest BCUT2D eigenvalue weighted by Crippen LogP contribution is 2.35. The number of piperidine rings is 1. The molecule has 0 aliphatic carbocycles. The standard InChI is InChI=1S/C15H29N3O/c1-10(2)5-12(7-16)15(19)18-13-6-14(18)9-17(8-13)11(3)4/h10-14H,5-9,16H2,1-4H3. The van der Waals surface area contributed by atoms with Gasteiger partial charge >= 0.3 is 0 Å². The van der Waals surface area contributed by atoms with Gasteiger partial charge in [-0.2, -0.15) is 0 Å². The van der Waals surface area contributed by atoms with Gasteiger partial charge in [0.05, 0.1) is 5.92 Å². The second-order valence-electron chi connectivity index (χ2n) is 6.90. The molecule has 4 heteroatoms. The van der Waals surface area contributed by atoms with Crippen LogP contribution in [-0.4, -0.2) is 53.5 Å². The fourth-order valence-electron chi connectivity index (χ4n) is 3.50. The molecule has 0 spiro atoms. The van der Waals surface area contributed by atoms with E-state index in [-0.39, 0.29) is 5.92 Å². The molecule has 3 atom stereocenters. The maximum absolute atomic E-state index is 12.6. The number of carbonyl (C=O) groups excluding carboxylic acids is 1. The third-order valence-corrected chi connectivity index (χ3v) is 4.60. The van der Waals surface area contributed by atoms with E-state index >= 15 is 0 Å². The van der Waals surface area contributed by atoms with E-state index < -0.39 is 0 Å². The Kier molecular flexibility index (Phi) is 4.51. The molecule has 3 rings (SSSR count). The Morgan fingerprint density at radius 2 is 1.79 bits per heavy atom. The Balaban J connectivity index is 1.95. The van der Waals surface area contributed by atoms with Crippen molar-refractivity contribution in [2.75, 3.05) is 19.6 Å². The van der Waals surface area contributed by atoms with Gasteiger partial charge < -0.3 is 10.6 Å². The summed E-state index contributed by atoms with van der Waals surface area (Å²) in [5.74, 6) is 0.863. The molecule has 0 aromatic rings. The summed E-state index contributed by atoms with van der Waals surface area (Å²) < 4.78 is 0. The van der Waals surface area contributed by atoms with Crippen LogP contribution in [0.3, 0.4) is 0 Å². The fourth-order valence-corrected chi connectivity index (χ4v) is 3.50. The predicted octanol–water partition coefficient (Wildman–Crippen LogP) is 1.30. The summed E-state index contributed by atoms with van der Waals surface area (Å²) in [7, 11) is 0. The number of carbonyl (C=O) groups is 1. The molecule has 3 aliphatic rings. The average molecular weight is 267 g/mol. The third kappa shape index (κ3) is 2.95. The highest BCUT2D eigenvalue weighted by atomic mass is 16.2. The number of hydrogen-bond acceptors (Lipinski definition) is 3. The first kappa shape index (κ1) is 14.8. The van der Waals surface area contributed by atoms with Crippen molar-refractivity contribution in [2.45, 2.75) is 58.7 Å². The minimum atomic E-state index is 0.0240. The Hall–Kier alpha value is -0.610. The molecule has 0 saturated carbocycles. The van der Waals surface area contributed by atoms with Gasteiger partial charge in [-0.05, 0) is 32.6 Å². The van der Waals surface area contributed by atoms with Crippen molar-refractivity contribution in [1.29, 1.82) is 0 Å². The zero-order valence-electron chi connectivity index (χ0n) is 12.8. The molecular formula is C15H29N3O. The maximum Gasteiger partial charge on any atom is 0.227 e. The number of piperazine rings is 1. The molecule has 2 bridgehead atoms. The van der Waals surface area contributed by atoms with Gasteiger partial charge in [0.25, 0.3) is 0 Å². The molecule has 110 valence electrons. The minimum Gasteiger partial charge on any atom is -0.334 e. The fraction of sp³-hybridized carbons (Fsp3) is 0.933. The summed E-state index contributed by atoms with van der Waals surface area (Å²) in [5.41, 5.74) is 5.81. The lowest BCUT2D eigenvalue weighted by Gasteiger charge is -2.58. The normalized spacial score (nSPS) is 28.7. The molecule has 4 nitrogen and oxygen atoms in total. The van der Waals surface area contributed by atoms with Crippen molar-refractivity contribution in [3.8, 4) is 0 Å². The van der Waals surface area contributed by atoms with Crippen LogP contribution in [-0.2, 0) is 4.79 Å². The van der Waals surface area contributed by atoms with E-state index in [9.17, 15) is 4.79 Å². The quantitative estimate of drug-likeness (QED) is 0.817. The van der Waals surface area contributed by atoms with Crippen LogP contribution in [0.15, 0.2) is 0 Å². The van der Waals surface area contributed by atoms with E-state index in [0.29, 0.717) is 36.5 Å². The Labute approximate surface area is 117 Å². The second-order valence-corrected chi connectivity index (χ2v) is 6.90. The van der Waals surface area contributed by atoms with Crippen LogP contribution in [0.1, 0.15) is 40.5 Å². The molecule has 2 N–H and O–H groups in total. The van der Waals surface area contributed by atoms with Crippen LogP contribution in [0.4, 0.5) is 0 Å². The number of nitrogens with two attached hydrogens (primary N) is 1. The molecule has 3 heterocycles. The van der Waals surface area contributed by atoms with E-state index in [1.807, 2.05) is 0 Å². The van der Waals surface area contributed by atoms with Crippen LogP contribution < -0.4 is 5.73 Å². The highest BCUT2D eigenvalue weighted by molar-refractivity contribution is 5.81. The number of fused-ring (bicyclic) bond motifs is 2. The smallest absolute Gasteiger partial charge is 0.227 e. The lowest BCUT2D eigenvalue weighted by Crippen LogP contribution is -2.71. The first-order valence-corrected chi connectivity index (χ1v) is 7.70. The molecule has 3 aliphatic heterocycles. The van der Waals surface area contributed by atoms with Crippen LogP contribution in [0.5, 0.6) is 0 Å². The van der Waals surface area contributed by atoms with Gasteiger partial charge in [-0.15, -0.1) is 0 Å². The Bertz CT molecular complexity index is 317. The summed E-state index contributed by atoms with van der Waals surface area (Å²) >= 11 is 0. The number of amides is 1. The lowest BCUT2D eigenvalue weighted by atomic mass is 9.84. The van der Waals surface area contributed by atoms with E-state index in [2.05, 4.69) is 37.5 Å². The van der Waals surface area contributed by atoms with Crippen LogP contribution >= 0.6 is 0 Å². The zero-order chi connectivity index (χ0) is 14.2. The van der Waals surface area contributed by atoms with Gasteiger partial charge in [0.1, 0.15) is 0 Å². The topological polar surface area (TPSA) is 49.6 Å². The van der Waals surface area contributed by atoms with Crippen LogP contribution in [0.25, 0.3) is 0 Å². The summed E-state index contributed by atoms with van der Waals surface area (Å²) in [5, 5.41) is 0. The highest BCUT2D eigenvalue weighted by Gasteiger charge is 2.48. The van der Waals surface area contributed by atoms with E-state index in [4.69, 9.17) is 5.73 Å². The second kappa shape index (κ2) is 5.80. The molecule has 3 unspecified atom stereocenters. The van der Waals surface area contributed by atoms with Crippen molar-refractivity contribution in [3.05, 3.63) is 0 Å². The van der Waals surface area contributed by atoms with Crippen LogP contribution in [0.2, 0.25) is 0 Å². The third-order valence-electron chi connectivity index (χ3n) is 4.60. The Morgan fingerprint density at radius 1 is 1.21 bits per heavy atom. The van der Waals surface area contributed by atoms with Crippen molar-refractivity contribution in [2.24, 2.45) is 17.6 Å². The van der Waals surface area contributed by atoms with Gasteiger partial charge in [0.15, 0.2) is 0 Å².